The van der Waals surface area contributed by atoms with Gasteiger partial charge in [-0.25, -0.2) is 5.10 Å². The van der Waals surface area contributed by atoms with Crippen LogP contribution >= 0.6 is 0 Å². The van der Waals surface area contributed by atoms with Gasteiger partial charge in [-0.1, -0.05) is 0 Å². The molecule has 0 saturated carbocycles. The number of hydrogen-bond acceptors (Lipinski definition) is 3. The van der Waals surface area contributed by atoms with Crippen LogP contribution in [0.4, 0.5) is 0 Å². The lowest BCUT2D eigenvalue weighted by atomic mass is 10.4. The molecule has 2 heterocycles. The minimum Gasteiger partial charge on any atom is -0.475 e. The Bertz CT molecular complexity index is 222. The van der Waals surface area contributed by atoms with Crippen LogP contribution in [0, 0.1) is 0 Å². The van der Waals surface area contributed by atoms with Gasteiger partial charge in [0.25, 0.3) is 0 Å². The lowest BCUT2D eigenvalue weighted by molar-refractivity contribution is 0.253. The highest BCUT2D eigenvalue weighted by atomic mass is 16.6. The second-order valence-corrected chi connectivity index (χ2v) is 2.61. The largest absolute Gasteiger partial charge is 0.475 e. The molecule has 2 rings (SSSR count). The fourth-order valence-electron chi connectivity index (χ4n) is 0.901. The molecule has 0 amide bonds. The maximum absolute atomic E-state index is 5.30. The van der Waals surface area contributed by atoms with Crippen molar-refractivity contribution < 1.29 is 9.47 Å². The molecule has 1 aromatic rings. The van der Waals surface area contributed by atoms with Crippen LogP contribution in [0.25, 0.3) is 0 Å². The third-order valence-corrected chi connectivity index (χ3v) is 1.71. The van der Waals surface area contributed by atoms with Crippen LogP contribution in [-0.2, 0) is 4.74 Å². The summed E-state index contributed by atoms with van der Waals surface area (Å²) in [6, 6.07) is 1.78. The Hall–Kier alpha value is -1.03. The average molecular weight is 154 g/mol. The number of H-pyrrole nitrogens is 1. The van der Waals surface area contributed by atoms with E-state index in [0.29, 0.717) is 18.6 Å². The monoisotopic (exact) mass is 154 g/mol. The summed E-state index contributed by atoms with van der Waals surface area (Å²) in [5.74, 6) is 0.702. The van der Waals surface area contributed by atoms with Gasteiger partial charge in [0.15, 0.2) is 0 Å². The number of rotatable bonds is 3. The summed E-state index contributed by atoms with van der Waals surface area (Å²) in [5.41, 5.74) is 0. The highest BCUT2D eigenvalue weighted by molar-refractivity contribution is 5.04. The van der Waals surface area contributed by atoms with Crippen LogP contribution in [0.3, 0.4) is 0 Å². The number of aromatic nitrogens is 2. The summed E-state index contributed by atoms with van der Waals surface area (Å²) in [4.78, 5) is 0. The average Bonchev–Trinajstić information content (AvgIpc) is 2.55. The molecular formula is C7H10N2O2. The van der Waals surface area contributed by atoms with Crippen molar-refractivity contribution in [2.24, 2.45) is 0 Å². The van der Waals surface area contributed by atoms with Gasteiger partial charge in [-0.3, -0.25) is 0 Å². The third-order valence-electron chi connectivity index (χ3n) is 1.71. The zero-order valence-corrected chi connectivity index (χ0v) is 6.28. The topological polar surface area (TPSA) is 50.4 Å². The van der Waals surface area contributed by atoms with E-state index in [2.05, 4.69) is 10.2 Å². The molecule has 1 aromatic heterocycles. The first-order chi connectivity index (χ1) is 5.36. The molecule has 0 bridgehead atoms. The van der Waals surface area contributed by atoms with Crippen molar-refractivity contribution in [3.63, 3.8) is 0 Å². The van der Waals surface area contributed by atoms with Gasteiger partial charge in [0.1, 0.15) is 12.7 Å². The van der Waals surface area contributed by atoms with Crippen molar-refractivity contribution in [2.75, 3.05) is 6.61 Å². The van der Waals surface area contributed by atoms with E-state index in [1.807, 2.05) is 6.92 Å². The molecule has 0 spiro atoms. The lowest BCUT2D eigenvalue weighted by Gasteiger charge is -1.97. The Morgan fingerprint density at radius 1 is 1.82 bits per heavy atom. The summed E-state index contributed by atoms with van der Waals surface area (Å²) >= 11 is 0. The fourth-order valence-corrected chi connectivity index (χ4v) is 0.901. The highest BCUT2D eigenvalue weighted by Crippen LogP contribution is 2.21. The Kier molecular flexibility index (Phi) is 1.54. The maximum atomic E-state index is 5.30. The van der Waals surface area contributed by atoms with E-state index in [4.69, 9.17) is 9.47 Å². The second kappa shape index (κ2) is 2.54. The summed E-state index contributed by atoms with van der Waals surface area (Å²) in [7, 11) is 0. The zero-order valence-electron chi connectivity index (χ0n) is 6.28. The van der Waals surface area contributed by atoms with Gasteiger partial charge in [0, 0.05) is 6.07 Å². The molecule has 60 valence electrons. The third kappa shape index (κ3) is 1.51. The highest BCUT2D eigenvalue weighted by Gasteiger charge is 2.34. The standard InChI is InChI=1S/C7H10N2O2/c1-5-6(11-5)4-10-7-2-3-8-9-7/h2-3,5-6H,4H2,1H3,(H,8,9)/t5-,6+/m0/s1. The van der Waals surface area contributed by atoms with Crippen molar-refractivity contribution in [3.05, 3.63) is 12.3 Å². The van der Waals surface area contributed by atoms with E-state index < -0.39 is 0 Å². The number of nitrogens with one attached hydrogen (secondary N) is 1. The molecule has 4 heteroatoms. The Labute approximate surface area is 64.5 Å². The molecule has 0 aliphatic carbocycles. The van der Waals surface area contributed by atoms with Gasteiger partial charge in [-0.15, -0.1) is 0 Å². The van der Waals surface area contributed by atoms with Crippen molar-refractivity contribution in [2.45, 2.75) is 19.1 Å². The van der Waals surface area contributed by atoms with Gasteiger partial charge < -0.3 is 9.47 Å². The van der Waals surface area contributed by atoms with Crippen molar-refractivity contribution in [1.82, 2.24) is 10.2 Å². The molecule has 1 aliphatic rings. The predicted octanol–water partition coefficient (Wildman–Crippen LogP) is 0.576. The molecule has 1 fully saturated rings. The number of nitrogens with zero attached hydrogens (tertiary/aromatic N) is 1. The number of hydrogen-bond donors (Lipinski definition) is 1. The molecule has 2 atom stereocenters. The van der Waals surface area contributed by atoms with Gasteiger partial charge >= 0.3 is 0 Å². The van der Waals surface area contributed by atoms with Gasteiger partial charge in [-0.2, -0.15) is 5.10 Å². The SMILES string of the molecule is C[C@@H]1O[C@@H]1COc1ccn[nH]1. The Morgan fingerprint density at radius 3 is 3.18 bits per heavy atom. The van der Waals surface area contributed by atoms with E-state index >= 15 is 0 Å². The first kappa shape index (κ1) is 6.67. The lowest BCUT2D eigenvalue weighted by Crippen LogP contribution is -2.06. The molecule has 11 heavy (non-hydrogen) atoms. The fraction of sp³-hybridized carbons (Fsp3) is 0.571. The number of epoxide rings is 1. The van der Waals surface area contributed by atoms with Crippen LogP contribution in [-0.4, -0.2) is 29.0 Å². The Balaban J connectivity index is 1.75. The Morgan fingerprint density at radius 2 is 2.64 bits per heavy atom. The molecule has 0 radical (unpaired) electrons. The van der Waals surface area contributed by atoms with Crippen molar-refractivity contribution in [1.29, 1.82) is 0 Å². The first-order valence-corrected chi connectivity index (χ1v) is 3.64. The second-order valence-electron chi connectivity index (χ2n) is 2.61. The van der Waals surface area contributed by atoms with Gasteiger partial charge in [0.2, 0.25) is 5.88 Å². The number of ether oxygens (including phenoxy) is 2. The first-order valence-electron chi connectivity index (χ1n) is 3.64. The molecule has 1 saturated heterocycles. The maximum Gasteiger partial charge on any atom is 0.209 e. The number of aromatic amines is 1. The van der Waals surface area contributed by atoms with Crippen LogP contribution in [0.5, 0.6) is 5.88 Å². The summed E-state index contributed by atoms with van der Waals surface area (Å²) in [6.07, 6.45) is 2.29. The predicted molar refractivity (Wildman–Crippen MR) is 38.4 cm³/mol. The molecule has 1 N–H and O–H groups in total. The van der Waals surface area contributed by atoms with Crippen LogP contribution in [0.2, 0.25) is 0 Å². The van der Waals surface area contributed by atoms with Crippen LogP contribution in [0.1, 0.15) is 6.92 Å². The summed E-state index contributed by atoms with van der Waals surface area (Å²) in [6.45, 7) is 2.64. The zero-order chi connectivity index (χ0) is 7.68. The van der Waals surface area contributed by atoms with Crippen LogP contribution < -0.4 is 4.74 Å². The molecule has 1 aliphatic heterocycles. The minimum atomic E-state index is 0.276. The van der Waals surface area contributed by atoms with E-state index in [-0.39, 0.29) is 6.10 Å². The van der Waals surface area contributed by atoms with E-state index in [1.165, 1.54) is 0 Å². The smallest absolute Gasteiger partial charge is 0.209 e. The quantitative estimate of drug-likeness (QED) is 0.648. The molecular weight excluding hydrogens is 144 g/mol. The normalized spacial score (nSPS) is 28.5. The molecule has 4 nitrogen and oxygen atoms in total. The van der Waals surface area contributed by atoms with Gasteiger partial charge in [0.05, 0.1) is 12.3 Å². The van der Waals surface area contributed by atoms with Gasteiger partial charge in [-0.05, 0) is 6.92 Å². The van der Waals surface area contributed by atoms with Crippen LogP contribution in [0.15, 0.2) is 12.3 Å². The van der Waals surface area contributed by atoms with E-state index in [9.17, 15) is 0 Å². The van der Waals surface area contributed by atoms with Crippen molar-refractivity contribution >= 4 is 0 Å². The summed E-state index contributed by atoms with van der Waals surface area (Å²) in [5, 5.41) is 6.46. The molecule has 0 aromatic carbocycles. The van der Waals surface area contributed by atoms with E-state index in [0.717, 1.165) is 0 Å². The van der Waals surface area contributed by atoms with E-state index in [1.54, 1.807) is 12.3 Å². The minimum absolute atomic E-state index is 0.276. The molecule has 0 unspecified atom stereocenters. The summed E-state index contributed by atoms with van der Waals surface area (Å²) < 4.78 is 10.5. The van der Waals surface area contributed by atoms with Crippen molar-refractivity contribution in [3.8, 4) is 5.88 Å².